The van der Waals surface area contributed by atoms with Crippen molar-refractivity contribution in [1.29, 1.82) is 0 Å². The molecule has 0 heterocycles. The first kappa shape index (κ1) is 26.2. The highest BCUT2D eigenvalue weighted by Gasteiger charge is 2.18. The van der Waals surface area contributed by atoms with E-state index in [0.29, 0.717) is 19.0 Å². The Morgan fingerprint density at radius 2 is 1.51 bits per heavy atom. The van der Waals surface area contributed by atoms with Gasteiger partial charge in [0.25, 0.3) is 0 Å². The van der Waals surface area contributed by atoms with Crippen LogP contribution >= 0.6 is 0 Å². The van der Waals surface area contributed by atoms with E-state index < -0.39 is 15.9 Å². The fraction of sp³-hybridized carbons (Fsp3) is 0.296. The van der Waals surface area contributed by atoms with Crippen LogP contribution < -0.4 is 9.50 Å². The fourth-order valence-electron chi connectivity index (χ4n) is 3.46. The first-order valence-electron chi connectivity index (χ1n) is 11.5. The van der Waals surface area contributed by atoms with Gasteiger partial charge < -0.3 is 14.4 Å². The zero-order valence-electron chi connectivity index (χ0n) is 20.4. The normalized spacial score (nSPS) is 11.5. The third-order valence-electron chi connectivity index (χ3n) is 5.31. The smallest absolute Gasteiger partial charge is 0.339 e. The van der Waals surface area contributed by atoms with Gasteiger partial charge in [0.15, 0.2) is 0 Å². The average molecular weight is 499 g/mol. The monoisotopic (exact) mass is 498 g/mol. The van der Waals surface area contributed by atoms with Crippen molar-refractivity contribution in [2.45, 2.75) is 45.1 Å². The van der Waals surface area contributed by atoms with Gasteiger partial charge in [-0.05, 0) is 71.5 Å². The maximum absolute atomic E-state index is 13.1. The molecule has 0 fully saturated rings. The molecular formula is C27H31FN2O4S. The summed E-state index contributed by atoms with van der Waals surface area (Å²) in [6.45, 7) is 9.20. The Morgan fingerprint density at radius 1 is 0.914 bits per heavy atom. The zero-order valence-corrected chi connectivity index (χ0v) is 21.2. The van der Waals surface area contributed by atoms with Crippen LogP contribution in [0, 0.1) is 11.7 Å². The lowest BCUT2D eigenvalue weighted by Crippen LogP contribution is -2.37. The van der Waals surface area contributed by atoms with Gasteiger partial charge in [0.05, 0.1) is 0 Å². The molecule has 2 amide bonds. The second kappa shape index (κ2) is 11.4. The Bertz CT molecular complexity index is 1220. The van der Waals surface area contributed by atoms with Crippen molar-refractivity contribution in [3.05, 3.63) is 89.7 Å². The fourth-order valence-corrected chi connectivity index (χ4v) is 4.39. The molecule has 0 saturated carbocycles. The van der Waals surface area contributed by atoms with Gasteiger partial charge >= 0.3 is 16.1 Å². The highest BCUT2D eigenvalue weighted by atomic mass is 32.2. The van der Waals surface area contributed by atoms with Crippen molar-refractivity contribution in [3.8, 4) is 5.75 Å². The first-order chi connectivity index (χ1) is 16.5. The summed E-state index contributed by atoms with van der Waals surface area (Å²) in [5.41, 5.74) is 2.75. The van der Waals surface area contributed by atoms with Gasteiger partial charge in [-0.2, -0.15) is 8.42 Å². The number of halogens is 1. The van der Waals surface area contributed by atoms with Crippen LogP contribution in [0.15, 0.2) is 77.7 Å². The molecule has 0 atom stereocenters. The number of anilines is 1. The Labute approximate surface area is 206 Å². The van der Waals surface area contributed by atoms with Gasteiger partial charge in [0.2, 0.25) is 0 Å². The molecule has 0 unspecified atom stereocenters. The number of benzene rings is 3. The van der Waals surface area contributed by atoms with Gasteiger partial charge in [-0.25, -0.2) is 9.18 Å². The molecule has 3 aromatic carbocycles. The van der Waals surface area contributed by atoms with Crippen LogP contribution in [-0.2, 0) is 16.7 Å². The van der Waals surface area contributed by atoms with E-state index in [1.54, 1.807) is 17.0 Å². The molecule has 6 nitrogen and oxygen atoms in total. The van der Waals surface area contributed by atoms with Crippen LogP contribution in [0.4, 0.5) is 14.9 Å². The molecule has 0 saturated heterocycles. The molecule has 0 aliphatic carbocycles. The number of amides is 2. The minimum absolute atomic E-state index is 0.128. The summed E-state index contributed by atoms with van der Waals surface area (Å²) in [5, 5.41) is 2.95. The average Bonchev–Trinajstić information content (AvgIpc) is 2.80. The third-order valence-corrected chi connectivity index (χ3v) is 6.57. The third kappa shape index (κ3) is 7.55. The minimum atomic E-state index is -4.08. The van der Waals surface area contributed by atoms with Gasteiger partial charge in [-0.3, -0.25) is 0 Å². The summed E-state index contributed by atoms with van der Waals surface area (Å²) < 4.78 is 43.1. The number of carbonyl (C=O) groups is 1. The molecular weight excluding hydrogens is 467 g/mol. The van der Waals surface area contributed by atoms with E-state index in [4.69, 9.17) is 4.18 Å². The van der Waals surface area contributed by atoms with Crippen LogP contribution in [0.1, 0.15) is 44.7 Å². The molecule has 0 aliphatic rings. The number of nitrogens with zero attached hydrogens (tertiary/aromatic N) is 1. The molecule has 8 heteroatoms. The summed E-state index contributed by atoms with van der Waals surface area (Å²) in [6.07, 6.45) is 0. The predicted octanol–water partition coefficient (Wildman–Crippen LogP) is 6.41. The summed E-state index contributed by atoms with van der Waals surface area (Å²) >= 11 is 0. The van der Waals surface area contributed by atoms with Crippen molar-refractivity contribution in [3.63, 3.8) is 0 Å². The van der Waals surface area contributed by atoms with Crippen LogP contribution in [0.2, 0.25) is 0 Å². The van der Waals surface area contributed by atoms with E-state index >= 15 is 0 Å². The van der Waals surface area contributed by atoms with Crippen molar-refractivity contribution >= 4 is 21.8 Å². The number of urea groups is 1. The maximum Gasteiger partial charge on any atom is 0.339 e. The van der Waals surface area contributed by atoms with Gasteiger partial charge in [0, 0.05) is 18.8 Å². The molecule has 186 valence electrons. The van der Waals surface area contributed by atoms with E-state index in [-0.39, 0.29) is 22.6 Å². The highest BCUT2D eigenvalue weighted by molar-refractivity contribution is 7.87. The number of nitrogens with one attached hydrogen (secondary N) is 1. The SMILES string of the molecule is CC(C)CN(Cc1ccc(OS(=O)(=O)c2ccc(F)cc2)cc1)C(=O)Nc1ccc(C(C)C)cc1. The topological polar surface area (TPSA) is 75.7 Å². The maximum atomic E-state index is 13.1. The summed E-state index contributed by atoms with van der Waals surface area (Å²) in [5.74, 6) is 0.265. The van der Waals surface area contributed by atoms with Crippen molar-refractivity contribution < 1.29 is 21.8 Å². The van der Waals surface area contributed by atoms with Crippen molar-refractivity contribution in [2.75, 3.05) is 11.9 Å². The quantitative estimate of drug-likeness (QED) is 0.346. The van der Waals surface area contributed by atoms with Crippen LogP contribution in [0.5, 0.6) is 5.75 Å². The summed E-state index contributed by atoms with van der Waals surface area (Å²) in [4.78, 5) is 14.6. The van der Waals surface area contributed by atoms with Crippen LogP contribution in [0.3, 0.4) is 0 Å². The molecule has 1 N–H and O–H groups in total. The second-order valence-corrected chi connectivity index (χ2v) is 10.7. The summed E-state index contributed by atoms with van der Waals surface area (Å²) in [7, 11) is -4.08. The molecule has 0 radical (unpaired) electrons. The lowest BCUT2D eigenvalue weighted by molar-refractivity contribution is 0.201. The Kier molecular flexibility index (Phi) is 8.51. The second-order valence-electron chi connectivity index (χ2n) is 9.12. The molecule has 0 spiro atoms. The highest BCUT2D eigenvalue weighted by Crippen LogP contribution is 2.21. The van der Waals surface area contributed by atoms with E-state index in [2.05, 4.69) is 19.2 Å². The number of hydrogen-bond donors (Lipinski definition) is 1. The van der Waals surface area contributed by atoms with E-state index in [0.717, 1.165) is 35.5 Å². The van der Waals surface area contributed by atoms with Gasteiger partial charge in [-0.15, -0.1) is 0 Å². The molecule has 3 aromatic rings. The van der Waals surface area contributed by atoms with Gasteiger partial charge in [-0.1, -0.05) is 52.0 Å². The predicted molar refractivity (Wildman–Crippen MR) is 135 cm³/mol. The van der Waals surface area contributed by atoms with E-state index in [1.165, 1.54) is 17.7 Å². The lowest BCUT2D eigenvalue weighted by atomic mass is 10.0. The molecule has 0 aromatic heterocycles. The van der Waals surface area contributed by atoms with Gasteiger partial charge in [0.1, 0.15) is 16.5 Å². The lowest BCUT2D eigenvalue weighted by Gasteiger charge is -2.25. The Balaban J connectivity index is 1.68. The minimum Gasteiger partial charge on any atom is -0.379 e. The summed E-state index contributed by atoms with van der Waals surface area (Å²) in [6, 6.07) is 18.5. The largest absolute Gasteiger partial charge is 0.379 e. The molecule has 3 rings (SSSR count). The number of hydrogen-bond acceptors (Lipinski definition) is 4. The van der Waals surface area contributed by atoms with E-state index in [9.17, 15) is 17.6 Å². The number of carbonyl (C=O) groups excluding carboxylic acids is 1. The molecule has 35 heavy (non-hydrogen) atoms. The van der Waals surface area contributed by atoms with Crippen molar-refractivity contribution in [1.82, 2.24) is 4.90 Å². The van der Waals surface area contributed by atoms with E-state index in [1.807, 2.05) is 38.1 Å². The van der Waals surface area contributed by atoms with Crippen molar-refractivity contribution in [2.24, 2.45) is 5.92 Å². The number of rotatable bonds is 9. The zero-order chi connectivity index (χ0) is 25.6. The standard InChI is InChI=1S/C27H31FN2O4S/c1-19(2)17-30(27(31)29-24-11-7-22(8-12-24)20(3)4)18-21-5-13-25(14-6-21)34-35(32,33)26-15-9-23(28)10-16-26/h5-16,19-20H,17-18H2,1-4H3,(H,29,31). The Morgan fingerprint density at radius 3 is 2.06 bits per heavy atom. The first-order valence-corrected chi connectivity index (χ1v) is 12.9. The Hall–Kier alpha value is -3.39. The van der Waals surface area contributed by atoms with Crippen LogP contribution in [0.25, 0.3) is 0 Å². The molecule has 0 aliphatic heterocycles. The van der Waals surface area contributed by atoms with Crippen LogP contribution in [-0.4, -0.2) is 25.9 Å². The molecule has 0 bridgehead atoms.